The molecule has 0 N–H and O–H groups in total. The highest BCUT2D eigenvalue weighted by molar-refractivity contribution is 7.25. The molecule has 0 fully saturated rings. The molecule has 1 aromatic heterocycles. The van der Waals surface area contributed by atoms with Crippen molar-refractivity contribution in [3.63, 3.8) is 0 Å². The Kier molecular flexibility index (Phi) is 6.93. The Labute approximate surface area is 341 Å². The van der Waals surface area contributed by atoms with Crippen LogP contribution in [0.1, 0.15) is 101 Å². The fourth-order valence-corrected chi connectivity index (χ4v) is 11.9. The van der Waals surface area contributed by atoms with Crippen LogP contribution in [0.15, 0.2) is 133 Å². The van der Waals surface area contributed by atoms with E-state index in [0.29, 0.717) is 0 Å². The average molecular weight is 756 g/mol. The fourth-order valence-electron chi connectivity index (χ4n) is 10.8. The monoisotopic (exact) mass is 755 g/mol. The third-order valence-corrected chi connectivity index (χ3v) is 15.2. The first-order valence-corrected chi connectivity index (χ1v) is 21.4. The molecule has 280 valence electrons. The molecule has 0 amide bonds. The van der Waals surface area contributed by atoms with E-state index in [2.05, 4.69) is 201 Å². The molecular formula is C55H49NS. The first kappa shape index (κ1) is 34.8. The van der Waals surface area contributed by atoms with E-state index in [4.69, 9.17) is 0 Å². The lowest BCUT2D eigenvalue weighted by Gasteiger charge is -2.31. The van der Waals surface area contributed by atoms with Crippen LogP contribution in [0, 0.1) is 0 Å². The Hall–Kier alpha value is -5.44. The molecule has 1 nitrogen and oxygen atoms in total. The molecular weight excluding hydrogens is 707 g/mol. The van der Waals surface area contributed by atoms with Crippen molar-refractivity contribution in [1.82, 2.24) is 0 Å². The summed E-state index contributed by atoms with van der Waals surface area (Å²) in [6.45, 7) is 21.3. The Morgan fingerprint density at radius 3 is 1.74 bits per heavy atom. The molecule has 57 heavy (non-hydrogen) atoms. The van der Waals surface area contributed by atoms with Gasteiger partial charge in [0.1, 0.15) is 0 Å². The third kappa shape index (κ3) is 4.68. The SMILES string of the molecule is CC(C)(C)c1ccc2sc3cc4c(cc3c2c1)C(C)(C)c1ccc(N(c2ccc3c(c2)C(C)(C)c2ccccc2-3)c2cccc3c2-c2ccccc2C3(C)C)cc1-4. The largest absolute Gasteiger partial charge is 0.310 e. The highest BCUT2D eigenvalue weighted by Gasteiger charge is 2.41. The summed E-state index contributed by atoms with van der Waals surface area (Å²) in [6, 6.07) is 51.7. The molecule has 3 aliphatic rings. The standard InChI is InChI=1S/C55H49NS/c1-52(2,3)32-21-26-49-40(27-32)41-30-47-39(31-50(41)57-49)38-28-33(23-25-44(38)55(47,8)9)56(34-22-24-36-35-15-10-12-17-42(35)54(6,7)46(36)29-34)48-20-14-19-45-51(48)37-16-11-13-18-43(37)53(45,4)5/h10-31H,1-9H3. The zero-order valence-electron chi connectivity index (χ0n) is 34.6. The van der Waals surface area contributed by atoms with E-state index in [-0.39, 0.29) is 21.7 Å². The van der Waals surface area contributed by atoms with Crippen LogP contribution < -0.4 is 4.90 Å². The molecule has 0 spiro atoms. The number of hydrogen-bond donors (Lipinski definition) is 0. The molecule has 1 heterocycles. The van der Waals surface area contributed by atoms with Crippen LogP contribution >= 0.6 is 11.3 Å². The van der Waals surface area contributed by atoms with Crippen LogP contribution in [-0.4, -0.2) is 0 Å². The second-order valence-corrected chi connectivity index (χ2v) is 20.5. The first-order chi connectivity index (χ1) is 27.2. The van der Waals surface area contributed by atoms with Crippen molar-refractivity contribution in [3.8, 4) is 33.4 Å². The highest BCUT2D eigenvalue weighted by Crippen LogP contribution is 2.58. The third-order valence-electron chi connectivity index (χ3n) is 14.0. The molecule has 0 aliphatic heterocycles. The van der Waals surface area contributed by atoms with Crippen molar-refractivity contribution in [2.45, 2.75) is 84.0 Å². The van der Waals surface area contributed by atoms with Gasteiger partial charge in [-0.15, -0.1) is 11.3 Å². The van der Waals surface area contributed by atoms with Gasteiger partial charge in [-0.1, -0.05) is 141 Å². The summed E-state index contributed by atoms with van der Waals surface area (Å²) in [5.41, 5.74) is 21.2. The van der Waals surface area contributed by atoms with E-state index in [9.17, 15) is 0 Å². The van der Waals surface area contributed by atoms with E-state index in [0.717, 1.165) is 0 Å². The lowest BCUT2D eigenvalue weighted by molar-refractivity contribution is 0.591. The zero-order valence-corrected chi connectivity index (χ0v) is 35.4. The van der Waals surface area contributed by atoms with E-state index >= 15 is 0 Å². The van der Waals surface area contributed by atoms with Gasteiger partial charge in [0.25, 0.3) is 0 Å². The lowest BCUT2D eigenvalue weighted by Crippen LogP contribution is -2.18. The minimum Gasteiger partial charge on any atom is -0.310 e. The molecule has 8 aromatic rings. The summed E-state index contributed by atoms with van der Waals surface area (Å²) in [6.07, 6.45) is 0. The van der Waals surface area contributed by atoms with Gasteiger partial charge in [0, 0.05) is 53.4 Å². The molecule has 0 saturated carbocycles. The minimum absolute atomic E-state index is 0.0979. The number of nitrogens with zero attached hydrogens (tertiary/aromatic N) is 1. The lowest BCUT2D eigenvalue weighted by atomic mass is 9.81. The van der Waals surface area contributed by atoms with Gasteiger partial charge in [-0.2, -0.15) is 0 Å². The second-order valence-electron chi connectivity index (χ2n) is 19.4. The van der Waals surface area contributed by atoms with Crippen molar-refractivity contribution in [3.05, 3.63) is 172 Å². The van der Waals surface area contributed by atoms with Crippen molar-refractivity contribution < 1.29 is 0 Å². The van der Waals surface area contributed by atoms with Crippen molar-refractivity contribution in [2.75, 3.05) is 4.90 Å². The van der Waals surface area contributed by atoms with Crippen molar-refractivity contribution in [2.24, 2.45) is 0 Å². The maximum atomic E-state index is 2.56. The predicted molar refractivity (Wildman–Crippen MR) is 245 cm³/mol. The molecule has 0 bridgehead atoms. The molecule has 0 saturated heterocycles. The van der Waals surface area contributed by atoms with Crippen molar-refractivity contribution >= 4 is 48.6 Å². The maximum absolute atomic E-state index is 2.56. The fraction of sp³-hybridized carbons (Fsp3) is 0.236. The predicted octanol–water partition coefficient (Wildman–Crippen LogP) is 15.7. The van der Waals surface area contributed by atoms with Gasteiger partial charge in [-0.3, -0.25) is 0 Å². The van der Waals surface area contributed by atoms with Crippen LogP contribution in [0.3, 0.4) is 0 Å². The highest BCUT2D eigenvalue weighted by atomic mass is 32.1. The normalized spacial score (nSPS) is 16.2. The number of thiophene rings is 1. The summed E-state index contributed by atoms with van der Waals surface area (Å²) in [5.74, 6) is 0. The maximum Gasteiger partial charge on any atom is 0.0543 e. The smallest absolute Gasteiger partial charge is 0.0543 e. The number of fused-ring (bicyclic) bond motifs is 12. The summed E-state index contributed by atoms with van der Waals surface area (Å²) in [5, 5.41) is 2.76. The second kappa shape index (κ2) is 11.4. The molecule has 7 aromatic carbocycles. The van der Waals surface area contributed by atoms with E-state index < -0.39 is 0 Å². The first-order valence-electron chi connectivity index (χ1n) is 20.6. The molecule has 0 unspecified atom stereocenters. The van der Waals surface area contributed by atoms with Crippen LogP contribution in [0.5, 0.6) is 0 Å². The van der Waals surface area contributed by atoms with Crippen LogP contribution in [0.25, 0.3) is 53.6 Å². The van der Waals surface area contributed by atoms with E-state index in [1.54, 1.807) is 0 Å². The number of hydrogen-bond acceptors (Lipinski definition) is 2. The van der Waals surface area contributed by atoms with Crippen LogP contribution in [0.2, 0.25) is 0 Å². The van der Waals surface area contributed by atoms with Gasteiger partial charge in [-0.05, 0) is 127 Å². The van der Waals surface area contributed by atoms with E-state index in [1.807, 2.05) is 11.3 Å². The van der Waals surface area contributed by atoms with Gasteiger partial charge >= 0.3 is 0 Å². The van der Waals surface area contributed by atoms with Crippen LogP contribution in [0.4, 0.5) is 17.1 Å². The topological polar surface area (TPSA) is 3.24 Å². The summed E-state index contributed by atoms with van der Waals surface area (Å²) in [7, 11) is 0. The Morgan fingerprint density at radius 1 is 0.421 bits per heavy atom. The Bertz CT molecular complexity index is 3030. The molecule has 0 atom stereocenters. The Morgan fingerprint density at radius 2 is 0.982 bits per heavy atom. The zero-order chi connectivity index (χ0) is 39.4. The quantitative estimate of drug-likeness (QED) is 0.174. The summed E-state index contributed by atoms with van der Waals surface area (Å²) < 4.78 is 2.73. The van der Waals surface area contributed by atoms with Crippen molar-refractivity contribution in [1.29, 1.82) is 0 Å². The van der Waals surface area contributed by atoms with Gasteiger partial charge in [0.05, 0.1) is 5.69 Å². The number of anilines is 3. The molecule has 0 radical (unpaired) electrons. The number of rotatable bonds is 3. The molecule has 2 heteroatoms. The molecule has 11 rings (SSSR count). The minimum atomic E-state index is -0.127. The summed E-state index contributed by atoms with van der Waals surface area (Å²) >= 11 is 1.93. The summed E-state index contributed by atoms with van der Waals surface area (Å²) in [4.78, 5) is 2.56. The Balaban J connectivity index is 1.15. The molecule has 3 aliphatic carbocycles. The number of benzene rings is 7. The van der Waals surface area contributed by atoms with Gasteiger partial charge in [0.15, 0.2) is 0 Å². The van der Waals surface area contributed by atoms with E-state index in [1.165, 1.54) is 110 Å². The van der Waals surface area contributed by atoms with Gasteiger partial charge in [-0.25, -0.2) is 0 Å². The van der Waals surface area contributed by atoms with Gasteiger partial charge in [0.2, 0.25) is 0 Å². The van der Waals surface area contributed by atoms with Gasteiger partial charge < -0.3 is 4.90 Å². The van der Waals surface area contributed by atoms with Crippen LogP contribution in [-0.2, 0) is 21.7 Å². The average Bonchev–Trinajstić information content (AvgIpc) is 3.82.